The molecule has 0 saturated heterocycles. The maximum Gasteiger partial charge on any atom is 0.142 e. The lowest BCUT2D eigenvalue weighted by molar-refractivity contribution is -0.132. The van der Waals surface area contributed by atoms with Gasteiger partial charge in [-0.3, -0.25) is 4.79 Å². The summed E-state index contributed by atoms with van der Waals surface area (Å²) in [5.74, 6) is -0.894. The lowest BCUT2D eigenvalue weighted by Gasteiger charge is -2.24. The van der Waals surface area contributed by atoms with Gasteiger partial charge in [0.1, 0.15) is 12.0 Å². The first-order valence-electron chi connectivity index (χ1n) is 17.2. The molecule has 0 bridgehead atoms. The van der Waals surface area contributed by atoms with E-state index in [9.17, 15) is 15.0 Å². The maximum absolute atomic E-state index is 12.7. The largest absolute Gasteiger partial charge is 0.392 e. The second-order valence-electron chi connectivity index (χ2n) is 12.1. The molecule has 38 heavy (non-hydrogen) atoms. The maximum atomic E-state index is 12.7. The van der Waals surface area contributed by atoms with Crippen LogP contribution in [0.1, 0.15) is 194 Å². The third-order valence-corrected chi connectivity index (χ3v) is 8.28. The molecule has 0 fully saturated rings. The Labute approximate surface area is 238 Å². The van der Waals surface area contributed by atoms with Gasteiger partial charge in [-0.2, -0.15) is 0 Å². The Bertz CT molecular complexity index is 482. The van der Waals surface area contributed by atoms with Crippen molar-refractivity contribution in [3.05, 3.63) is 0 Å². The van der Waals surface area contributed by atoms with E-state index in [1.165, 1.54) is 141 Å². The van der Waals surface area contributed by atoms with Crippen LogP contribution in [0.4, 0.5) is 0 Å². The normalized spacial score (nSPS) is 14.0. The molecule has 0 radical (unpaired) electrons. The van der Waals surface area contributed by atoms with Gasteiger partial charge in [0.25, 0.3) is 0 Å². The lowest BCUT2D eigenvalue weighted by atomic mass is 9.89. The molecule has 0 amide bonds. The lowest BCUT2D eigenvalue weighted by Crippen LogP contribution is -2.43. The molecular formula is C34H69NO3. The van der Waals surface area contributed by atoms with E-state index in [0.29, 0.717) is 12.8 Å². The molecule has 0 rings (SSSR count). The molecule has 0 heterocycles. The van der Waals surface area contributed by atoms with Gasteiger partial charge in [-0.1, -0.05) is 174 Å². The summed E-state index contributed by atoms with van der Waals surface area (Å²) in [4.78, 5) is 12.7. The Morgan fingerprint density at radius 3 is 1.11 bits per heavy atom. The van der Waals surface area contributed by atoms with Gasteiger partial charge in [-0.25, -0.2) is 0 Å². The Balaban J connectivity index is 3.70. The number of hydrogen-bond acceptors (Lipinski definition) is 4. The van der Waals surface area contributed by atoms with Crippen LogP contribution in [-0.4, -0.2) is 28.3 Å². The minimum atomic E-state index is -1.26. The van der Waals surface area contributed by atoms with Crippen molar-refractivity contribution in [2.75, 3.05) is 0 Å². The molecule has 4 nitrogen and oxygen atoms in total. The molecule has 0 saturated carbocycles. The molecule has 0 aliphatic carbocycles. The van der Waals surface area contributed by atoms with Crippen molar-refractivity contribution >= 4 is 5.78 Å². The molecular weight excluding hydrogens is 470 g/mol. The quantitative estimate of drug-likeness (QED) is 0.0604. The number of unbranched alkanes of at least 4 members (excludes halogenated alkanes) is 24. The molecule has 0 aromatic carbocycles. The zero-order chi connectivity index (χ0) is 28.1. The van der Waals surface area contributed by atoms with Crippen LogP contribution >= 0.6 is 0 Å². The van der Waals surface area contributed by atoms with Crippen molar-refractivity contribution in [1.82, 2.24) is 0 Å². The van der Waals surface area contributed by atoms with Gasteiger partial charge in [-0.15, -0.1) is 0 Å². The highest BCUT2D eigenvalue weighted by atomic mass is 16.3. The van der Waals surface area contributed by atoms with Crippen LogP contribution in [0.5, 0.6) is 0 Å². The summed E-state index contributed by atoms with van der Waals surface area (Å²) >= 11 is 0. The summed E-state index contributed by atoms with van der Waals surface area (Å²) in [5.41, 5.74) is 5.70. The zero-order valence-electron chi connectivity index (χ0n) is 25.9. The first kappa shape index (κ1) is 37.6. The Morgan fingerprint density at radius 2 is 0.789 bits per heavy atom. The number of carbonyl (C=O) groups is 1. The van der Waals surface area contributed by atoms with E-state index in [1.54, 1.807) is 0 Å². The summed E-state index contributed by atoms with van der Waals surface area (Å²) in [6, 6.07) is 0. The molecule has 0 aromatic rings. The molecule has 228 valence electrons. The van der Waals surface area contributed by atoms with E-state index < -0.39 is 18.2 Å². The van der Waals surface area contributed by atoms with Gasteiger partial charge >= 0.3 is 0 Å². The van der Waals surface area contributed by atoms with E-state index >= 15 is 0 Å². The third-order valence-electron chi connectivity index (χ3n) is 8.28. The fourth-order valence-electron chi connectivity index (χ4n) is 5.67. The molecule has 1 unspecified atom stereocenters. The number of aliphatic hydroxyl groups excluding tert-OH is 2. The number of aliphatic hydroxyl groups is 2. The fourth-order valence-corrected chi connectivity index (χ4v) is 5.67. The third kappa shape index (κ3) is 24.6. The van der Waals surface area contributed by atoms with Gasteiger partial charge in [0, 0.05) is 6.42 Å². The molecule has 4 heteroatoms. The Kier molecular flexibility index (Phi) is 29.2. The molecule has 4 N–H and O–H groups in total. The molecule has 0 aromatic heterocycles. The minimum absolute atomic E-state index is 0.0646. The predicted octanol–water partition coefficient (Wildman–Crippen LogP) is 9.77. The van der Waals surface area contributed by atoms with Gasteiger partial charge in [0.2, 0.25) is 0 Å². The molecule has 0 aliphatic heterocycles. The average molecular weight is 540 g/mol. The zero-order valence-corrected chi connectivity index (χ0v) is 25.9. The van der Waals surface area contributed by atoms with Gasteiger partial charge in [0.05, 0.1) is 12.0 Å². The van der Waals surface area contributed by atoms with Crippen molar-refractivity contribution in [1.29, 1.82) is 0 Å². The number of hydrogen-bond donors (Lipinski definition) is 3. The highest BCUT2D eigenvalue weighted by molar-refractivity contribution is 5.82. The Morgan fingerprint density at radius 1 is 0.500 bits per heavy atom. The highest BCUT2D eigenvalue weighted by Crippen LogP contribution is 2.20. The van der Waals surface area contributed by atoms with Crippen LogP contribution in [-0.2, 0) is 4.79 Å². The van der Waals surface area contributed by atoms with E-state index in [0.717, 1.165) is 25.7 Å². The molecule has 3 atom stereocenters. The summed E-state index contributed by atoms with van der Waals surface area (Å²) in [6.45, 7) is 4.53. The van der Waals surface area contributed by atoms with Crippen LogP contribution in [0.25, 0.3) is 0 Å². The Hall–Kier alpha value is -0.450. The first-order valence-corrected chi connectivity index (χ1v) is 17.2. The van der Waals surface area contributed by atoms with Crippen molar-refractivity contribution in [2.45, 2.75) is 206 Å². The second-order valence-corrected chi connectivity index (χ2v) is 12.1. The SMILES string of the molecule is CCCCCCCCCCCCCCCC(=O)[C@H](C(N)O)[C@H](O)CCCCCCCCCCCCCCC. The average Bonchev–Trinajstić information content (AvgIpc) is 2.89. The molecule has 0 aliphatic rings. The number of Topliss-reactive ketones (excluding diaryl/α,β-unsaturated/α-hetero) is 1. The van der Waals surface area contributed by atoms with Gasteiger partial charge in [-0.05, 0) is 12.8 Å². The van der Waals surface area contributed by atoms with Crippen LogP contribution in [0.15, 0.2) is 0 Å². The number of ketones is 1. The minimum Gasteiger partial charge on any atom is -0.392 e. The van der Waals surface area contributed by atoms with Crippen molar-refractivity contribution in [2.24, 2.45) is 11.7 Å². The van der Waals surface area contributed by atoms with Gasteiger partial charge < -0.3 is 15.9 Å². The summed E-state index contributed by atoms with van der Waals surface area (Å²) in [6.07, 6.45) is 32.1. The smallest absolute Gasteiger partial charge is 0.142 e. The standard InChI is InChI=1S/C34H69NO3/c1-3-5-7-9-11-13-15-17-19-21-23-25-27-29-31(36)33(34(35)38)32(37)30-28-26-24-22-20-18-16-14-12-10-8-6-4-2/h31,33-34,36,38H,3-30,35H2,1-2H3/t31-,33-,34?/m1/s1. The van der Waals surface area contributed by atoms with Crippen molar-refractivity contribution < 1.29 is 15.0 Å². The van der Waals surface area contributed by atoms with E-state index in [-0.39, 0.29) is 5.78 Å². The van der Waals surface area contributed by atoms with Crippen molar-refractivity contribution in [3.8, 4) is 0 Å². The number of nitrogens with two attached hydrogens (primary N) is 1. The van der Waals surface area contributed by atoms with Crippen LogP contribution < -0.4 is 5.73 Å². The monoisotopic (exact) mass is 540 g/mol. The van der Waals surface area contributed by atoms with Crippen LogP contribution in [0.2, 0.25) is 0 Å². The summed E-state index contributed by atoms with van der Waals surface area (Å²) < 4.78 is 0. The van der Waals surface area contributed by atoms with E-state index in [1.807, 2.05) is 0 Å². The van der Waals surface area contributed by atoms with Crippen LogP contribution in [0.3, 0.4) is 0 Å². The van der Waals surface area contributed by atoms with Gasteiger partial charge in [0.15, 0.2) is 0 Å². The highest BCUT2D eigenvalue weighted by Gasteiger charge is 2.30. The first-order chi connectivity index (χ1) is 18.5. The number of rotatable bonds is 31. The topological polar surface area (TPSA) is 83.6 Å². The van der Waals surface area contributed by atoms with E-state index in [2.05, 4.69) is 13.8 Å². The van der Waals surface area contributed by atoms with Crippen molar-refractivity contribution in [3.63, 3.8) is 0 Å². The van der Waals surface area contributed by atoms with E-state index in [4.69, 9.17) is 5.73 Å². The summed E-state index contributed by atoms with van der Waals surface area (Å²) in [7, 11) is 0. The second kappa shape index (κ2) is 29.5. The number of carbonyl (C=O) groups excluding carboxylic acids is 1. The van der Waals surface area contributed by atoms with Crippen LogP contribution in [0, 0.1) is 5.92 Å². The predicted molar refractivity (Wildman–Crippen MR) is 165 cm³/mol. The summed E-state index contributed by atoms with van der Waals surface area (Å²) in [5, 5.41) is 20.5. The molecule has 0 spiro atoms. The fraction of sp³-hybridized carbons (Fsp3) is 0.971.